The van der Waals surface area contributed by atoms with E-state index in [1.807, 2.05) is 20.8 Å². The Morgan fingerprint density at radius 2 is 2.22 bits per heavy atom. The van der Waals surface area contributed by atoms with E-state index >= 15 is 0 Å². The van der Waals surface area contributed by atoms with Gasteiger partial charge in [0.25, 0.3) is 5.56 Å². The molecular formula is C13H23N3O2. The minimum Gasteiger partial charge on any atom is -0.388 e. The van der Waals surface area contributed by atoms with Crippen LogP contribution in [0.25, 0.3) is 0 Å². The van der Waals surface area contributed by atoms with Crippen molar-refractivity contribution in [3.8, 4) is 0 Å². The number of nitrogens with zero attached hydrogens (tertiary/aromatic N) is 1. The van der Waals surface area contributed by atoms with Crippen LogP contribution in [0.2, 0.25) is 0 Å². The topological polar surface area (TPSA) is 78.0 Å². The van der Waals surface area contributed by atoms with Gasteiger partial charge in [-0.3, -0.25) is 4.79 Å². The van der Waals surface area contributed by atoms with Crippen molar-refractivity contribution in [3.05, 3.63) is 22.2 Å². The van der Waals surface area contributed by atoms with Crippen molar-refractivity contribution in [1.82, 2.24) is 9.97 Å². The van der Waals surface area contributed by atoms with Crippen LogP contribution in [0.15, 0.2) is 10.9 Å². The molecule has 1 unspecified atom stereocenters. The number of H-pyrrole nitrogens is 1. The van der Waals surface area contributed by atoms with Gasteiger partial charge in [-0.25, -0.2) is 4.98 Å². The molecule has 0 bridgehead atoms. The van der Waals surface area contributed by atoms with Crippen LogP contribution in [-0.2, 0) is 0 Å². The summed E-state index contributed by atoms with van der Waals surface area (Å²) in [5.74, 6) is 1.33. The highest BCUT2D eigenvalue weighted by Crippen LogP contribution is 2.14. The number of aromatic nitrogens is 2. The van der Waals surface area contributed by atoms with Gasteiger partial charge < -0.3 is 15.4 Å². The van der Waals surface area contributed by atoms with Gasteiger partial charge in [0.1, 0.15) is 11.6 Å². The van der Waals surface area contributed by atoms with Crippen LogP contribution in [0.4, 0.5) is 5.82 Å². The van der Waals surface area contributed by atoms with Crippen molar-refractivity contribution < 1.29 is 5.11 Å². The van der Waals surface area contributed by atoms with E-state index in [-0.39, 0.29) is 11.5 Å². The zero-order valence-corrected chi connectivity index (χ0v) is 11.6. The highest BCUT2D eigenvalue weighted by atomic mass is 16.3. The molecule has 0 aliphatic rings. The van der Waals surface area contributed by atoms with Crippen molar-refractivity contribution in [2.24, 2.45) is 0 Å². The molecule has 0 radical (unpaired) electrons. The fraction of sp³-hybridized carbons (Fsp3) is 0.692. The van der Waals surface area contributed by atoms with E-state index in [2.05, 4.69) is 15.3 Å². The molecule has 0 amide bonds. The van der Waals surface area contributed by atoms with E-state index in [0.29, 0.717) is 24.6 Å². The summed E-state index contributed by atoms with van der Waals surface area (Å²) in [6.45, 7) is 8.12. The lowest BCUT2D eigenvalue weighted by atomic mass is 10.0. The second kappa shape index (κ2) is 6.00. The number of rotatable bonds is 6. The van der Waals surface area contributed by atoms with Crippen molar-refractivity contribution >= 4 is 5.82 Å². The molecule has 0 fully saturated rings. The first-order valence-electron chi connectivity index (χ1n) is 6.41. The number of aromatic amines is 1. The van der Waals surface area contributed by atoms with Crippen molar-refractivity contribution in [2.45, 2.75) is 52.1 Å². The van der Waals surface area contributed by atoms with Crippen molar-refractivity contribution in [3.63, 3.8) is 0 Å². The van der Waals surface area contributed by atoms with Crippen LogP contribution in [0.1, 0.15) is 52.3 Å². The van der Waals surface area contributed by atoms with Gasteiger partial charge in [-0.15, -0.1) is 0 Å². The molecule has 0 saturated heterocycles. The first kappa shape index (κ1) is 14.7. The van der Waals surface area contributed by atoms with E-state index in [4.69, 9.17) is 0 Å². The molecule has 1 aromatic rings. The highest BCUT2D eigenvalue weighted by Gasteiger charge is 2.19. The number of hydrogen-bond donors (Lipinski definition) is 3. The average molecular weight is 253 g/mol. The van der Waals surface area contributed by atoms with Crippen LogP contribution in [0, 0.1) is 0 Å². The lowest BCUT2D eigenvalue weighted by Crippen LogP contribution is -2.33. The fourth-order valence-electron chi connectivity index (χ4n) is 1.75. The van der Waals surface area contributed by atoms with E-state index in [1.54, 1.807) is 6.92 Å². The van der Waals surface area contributed by atoms with Gasteiger partial charge in [0.2, 0.25) is 0 Å². The van der Waals surface area contributed by atoms with Gasteiger partial charge in [-0.05, 0) is 13.3 Å². The van der Waals surface area contributed by atoms with Crippen molar-refractivity contribution in [1.29, 1.82) is 0 Å². The number of nitrogens with one attached hydrogen (secondary N) is 2. The SMILES string of the molecule is CCCC(C)(O)CNc1cc(=O)[nH]c(C(C)C)n1. The molecule has 0 aliphatic carbocycles. The number of hydrogen-bond acceptors (Lipinski definition) is 4. The lowest BCUT2D eigenvalue weighted by molar-refractivity contribution is 0.0636. The van der Waals surface area contributed by atoms with Gasteiger partial charge >= 0.3 is 0 Å². The molecule has 5 nitrogen and oxygen atoms in total. The van der Waals surface area contributed by atoms with E-state index in [9.17, 15) is 9.90 Å². The smallest absolute Gasteiger partial charge is 0.252 e. The van der Waals surface area contributed by atoms with Gasteiger partial charge in [0.05, 0.1) is 5.60 Å². The summed E-state index contributed by atoms with van der Waals surface area (Å²) in [7, 11) is 0. The largest absolute Gasteiger partial charge is 0.388 e. The summed E-state index contributed by atoms with van der Waals surface area (Å²) < 4.78 is 0. The Morgan fingerprint density at radius 1 is 1.56 bits per heavy atom. The van der Waals surface area contributed by atoms with Crippen LogP contribution in [0.5, 0.6) is 0 Å². The predicted octanol–water partition coefficient (Wildman–Crippen LogP) is 1.86. The third kappa shape index (κ3) is 4.49. The van der Waals surface area contributed by atoms with Crippen LogP contribution < -0.4 is 10.9 Å². The molecule has 0 aliphatic heterocycles. The third-order valence-electron chi connectivity index (χ3n) is 2.75. The Morgan fingerprint density at radius 3 is 2.78 bits per heavy atom. The normalized spacial score (nSPS) is 14.6. The zero-order chi connectivity index (χ0) is 13.8. The first-order valence-corrected chi connectivity index (χ1v) is 6.41. The average Bonchev–Trinajstić information content (AvgIpc) is 2.26. The van der Waals surface area contributed by atoms with E-state index in [0.717, 1.165) is 6.42 Å². The highest BCUT2D eigenvalue weighted by molar-refractivity contribution is 5.33. The van der Waals surface area contributed by atoms with Crippen LogP contribution >= 0.6 is 0 Å². The molecule has 1 heterocycles. The third-order valence-corrected chi connectivity index (χ3v) is 2.75. The Hall–Kier alpha value is -1.36. The molecule has 1 atom stereocenters. The molecular weight excluding hydrogens is 230 g/mol. The molecule has 0 spiro atoms. The van der Waals surface area contributed by atoms with E-state index < -0.39 is 5.60 Å². The summed E-state index contributed by atoms with van der Waals surface area (Å²) in [5, 5.41) is 13.1. The molecule has 102 valence electrons. The second-order valence-corrected chi connectivity index (χ2v) is 5.27. The summed E-state index contributed by atoms with van der Waals surface area (Å²) in [6.07, 6.45) is 1.62. The lowest BCUT2D eigenvalue weighted by Gasteiger charge is -2.23. The van der Waals surface area contributed by atoms with Crippen LogP contribution in [0.3, 0.4) is 0 Å². The zero-order valence-electron chi connectivity index (χ0n) is 11.6. The van der Waals surface area contributed by atoms with Gasteiger partial charge in [-0.2, -0.15) is 0 Å². The summed E-state index contributed by atoms with van der Waals surface area (Å²) in [4.78, 5) is 18.5. The number of aliphatic hydroxyl groups is 1. The minimum atomic E-state index is -0.781. The standard InChI is InChI=1S/C13H23N3O2/c1-5-6-13(4,18)8-14-10-7-11(17)16-12(15-10)9(2)3/h7,9,18H,5-6,8H2,1-4H3,(H2,14,15,16,17). The Bertz CT molecular complexity index is 438. The molecule has 0 saturated carbocycles. The summed E-state index contributed by atoms with van der Waals surface area (Å²) in [5.41, 5.74) is -0.955. The minimum absolute atomic E-state index is 0.163. The molecule has 18 heavy (non-hydrogen) atoms. The van der Waals surface area contributed by atoms with Gasteiger partial charge in [-0.1, -0.05) is 27.2 Å². The quantitative estimate of drug-likeness (QED) is 0.723. The summed E-state index contributed by atoms with van der Waals surface area (Å²) in [6, 6.07) is 1.41. The number of anilines is 1. The maximum Gasteiger partial charge on any atom is 0.252 e. The Balaban J connectivity index is 2.76. The maximum atomic E-state index is 11.5. The molecule has 3 N–H and O–H groups in total. The van der Waals surface area contributed by atoms with E-state index in [1.165, 1.54) is 6.07 Å². The Kier molecular flexibility index (Phi) is 4.90. The molecule has 1 aromatic heterocycles. The van der Waals surface area contributed by atoms with Gasteiger partial charge in [0.15, 0.2) is 0 Å². The van der Waals surface area contributed by atoms with Gasteiger partial charge in [0, 0.05) is 18.5 Å². The monoisotopic (exact) mass is 253 g/mol. The maximum absolute atomic E-state index is 11.5. The molecule has 5 heteroatoms. The Labute approximate surface area is 108 Å². The molecule has 0 aromatic carbocycles. The van der Waals surface area contributed by atoms with Crippen LogP contribution in [-0.4, -0.2) is 27.2 Å². The first-order chi connectivity index (χ1) is 8.34. The fourth-order valence-corrected chi connectivity index (χ4v) is 1.75. The second-order valence-electron chi connectivity index (χ2n) is 5.27. The predicted molar refractivity (Wildman–Crippen MR) is 73.0 cm³/mol. The molecule has 1 rings (SSSR count). The summed E-state index contributed by atoms with van der Waals surface area (Å²) >= 11 is 0. The van der Waals surface area contributed by atoms with Crippen molar-refractivity contribution in [2.75, 3.05) is 11.9 Å².